The van der Waals surface area contributed by atoms with E-state index in [1.165, 1.54) is 5.56 Å². The van der Waals surface area contributed by atoms with Crippen molar-refractivity contribution in [3.05, 3.63) is 54.4 Å². The van der Waals surface area contributed by atoms with Crippen molar-refractivity contribution in [3.63, 3.8) is 0 Å². The van der Waals surface area contributed by atoms with Crippen LogP contribution in [-0.2, 0) is 6.42 Å². The molecule has 17 heavy (non-hydrogen) atoms. The molecule has 3 N–H and O–H groups in total. The van der Waals surface area contributed by atoms with Crippen LogP contribution in [0.5, 0.6) is 0 Å². The van der Waals surface area contributed by atoms with E-state index in [1.54, 1.807) is 24.8 Å². The van der Waals surface area contributed by atoms with Crippen molar-refractivity contribution in [1.82, 2.24) is 20.4 Å². The molecule has 0 saturated carbocycles. The van der Waals surface area contributed by atoms with Gasteiger partial charge in [-0.05, 0) is 24.5 Å². The molecule has 0 bridgehead atoms. The van der Waals surface area contributed by atoms with Gasteiger partial charge in [0.1, 0.15) is 0 Å². The SMILES string of the molecule is NNC(CCc1cccnc1)c1cnccn1. The molecule has 1 atom stereocenters. The lowest BCUT2D eigenvalue weighted by atomic mass is 10.1. The maximum atomic E-state index is 5.54. The van der Waals surface area contributed by atoms with E-state index in [-0.39, 0.29) is 6.04 Å². The van der Waals surface area contributed by atoms with E-state index >= 15 is 0 Å². The van der Waals surface area contributed by atoms with Gasteiger partial charge in [-0.1, -0.05) is 6.07 Å². The Bertz CT molecular complexity index is 431. The summed E-state index contributed by atoms with van der Waals surface area (Å²) in [6.45, 7) is 0. The molecule has 0 fully saturated rings. The maximum Gasteiger partial charge on any atom is 0.0769 e. The van der Waals surface area contributed by atoms with Crippen LogP contribution in [0, 0.1) is 0 Å². The van der Waals surface area contributed by atoms with Crippen molar-refractivity contribution in [3.8, 4) is 0 Å². The number of aromatic nitrogens is 3. The molecule has 0 radical (unpaired) electrons. The molecule has 0 aliphatic rings. The van der Waals surface area contributed by atoms with E-state index in [2.05, 4.69) is 26.4 Å². The Morgan fingerprint density at radius 3 is 2.71 bits per heavy atom. The van der Waals surface area contributed by atoms with Crippen LogP contribution in [-0.4, -0.2) is 15.0 Å². The second-order valence-corrected chi connectivity index (χ2v) is 3.75. The maximum absolute atomic E-state index is 5.54. The largest absolute Gasteiger partial charge is 0.271 e. The molecule has 5 heteroatoms. The topological polar surface area (TPSA) is 76.7 Å². The Morgan fingerprint density at radius 1 is 1.18 bits per heavy atom. The molecule has 5 nitrogen and oxygen atoms in total. The molecule has 0 aliphatic carbocycles. The summed E-state index contributed by atoms with van der Waals surface area (Å²) in [5.74, 6) is 5.54. The lowest BCUT2D eigenvalue weighted by Gasteiger charge is -2.14. The lowest BCUT2D eigenvalue weighted by molar-refractivity contribution is 0.502. The van der Waals surface area contributed by atoms with Gasteiger partial charge in [-0.25, -0.2) is 0 Å². The van der Waals surface area contributed by atoms with Crippen molar-refractivity contribution < 1.29 is 0 Å². The molecule has 88 valence electrons. The fourth-order valence-corrected chi connectivity index (χ4v) is 1.66. The van der Waals surface area contributed by atoms with Gasteiger partial charge in [0.25, 0.3) is 0 Å². The monoisotopic (exact) mass is 229 g/mol. The number of rotatable bonds is 5. The van der Waals surface area contributed by atoms with Gasteiger partial charge in [0.15, 0.2) is 0 Å². The second-order valence-electron chi connectivity index (χ2n) is 3.75. The van der Waals surface area contributed by atoms with E-state index < -0.39 is 0 Å². The van der Waals surface area contributed by atoms with Crippen LogP contribution in [0.1, 0.15) is 23.7 Å². The van der Waals surface area contributed by atoms with Gasteiger partial charge in [0.05, 0.1) is 17.9 Å². The molecular weight excluding hydrogens is 214 g/mol. The van der Waals surface area contributed by atoms with E-state index in [0.717, 1.165) is 18.5 Å². The smallest absolute Gasteiger partial charge is 0.0769 e. The third kappa shape index (κ3) is 3.30. The molecule has 0 spiro atoms. The highest BCUT2D eigenvalue weighted by atomic mass is 15.2. The first-order valence-electron chi connectivity index (χ1n) is 5.51. The average Bonchev–Trinajstić information content (AvgIpc) is 2.42. The number of pyridine rings is 1. The molecule has 2 rings (SSSR count). The minimum absolute atomic E-state index is 0.0175. The van der Waals surface area contributed by atoms with Crippen molar-refractivity contribution in [2.75, 3.05) is 0 Å². The molecule has 0 saturated heterocycles. The van der Waals surface area contributed by atoms with E-state index in [1.807, 2.05) is 12.3 Å². The van der Waals surface area contributed by atoms with E-state index in [4.69, 9.17) is 5.84 Å². The number of hydrogen-bond donors (Lipinski definition) is 2. The average molecular weight is 229 g/mol. The van der Waals surface area contributed by atoms with Crippen molar-refractivity contribution in [2.24, 2.45) is 5.84 Å². The van der Waals surface area contributed by atoms with Crippen LogP contribution in [0.3, 0.4) is 0 Å². The van der Waals surface area contributed by atoms with E-state index in [9.17, 15) is 0 Å². The van der Waals surface area contributed by atoms with Crippen LogP contribution in [0.25, 0.3) is 0 Å². The summed E-state index contributed by atoms with van der Waals surface area (Å²) >= 11 is 0. The van der Waals surface area contributed by atoms with Gasteiger partial charge < -0.3 is 0 Å². The van der Waals surface area contributed by atoms with Crippen LogP contribution < -0.4 is 11.3 Å². The minimum Gasteiger partial charge on any atom is -0.271 e. The summed E-state index contributed by atoms with van der Waals surface area (Å²) in [5, 5.41) is 0. The highest BCUT2D eigenvalue weighted by molar-refractivity contribution is 5.10. The molecular formula is C12H15N5. The number of nitrogens with one attached hydrogen (secondary N) is 1. The number of aryl methyl sites for hydroxylation is 1. The van der Waals surface area contributed by atoms with Gasteiger partial charge in [0, 0.05) is 24.8 Å². The first kappa shape index (κ1) is 11.6. The van der Waals surface area contributed by atoms with E-state index in [0.29, 0.717) is 0 Å². The van der Waals surface area contributed by atoms with Gasteiger partial charge in [-0.15, -0.1) is 0 Å². The zero-order valence-electron chi connectivity index (χ0n) is 9.45. The summed E-state index contributed by atoms with van der Waals surface area (Å²) in [5.41, 5.74) is 4.82. The molecule has 0 amide bonds. The number of nitrogens with zero attached hydrogens (tertiary/aromatic N) is 3. The Kier molecular flexibility index (Phi) is 4.12. The summed E-state index contributed by atoms with van der Waals surface area (Å²) in [7, 11) is 0. The molecule has 2 heterocycles. The highest BCUT2D eigenvalue weighted by Gasteiger charge is 2.10. The predicted molar refractivity (Wildman–Crippen MR) is 64.7 cm³/mol. The number of hydrazine groups is 1. The molecule has 2 aromatic rings. The Morgan fingerprint density at radius 2 is 2.06 bits per heavy atom. The Balaban J connectivity index is 1.97. The Labute approximate surface area is 100 Å². The molecule has 0 aromatic carbocycles. The molecule has 0 aliphatic heterocycles. The lowest BCUT2D eigenvalue weighted by Crippen LogP contribution is -2.29. The van der Waals surface area contributed by atoms with Crippen LogP contribution >= 0.6 is 0 Å². The summed E-state index contributed by atoms with van der Waals surface area (Å²) in [6.07, 6.45) is 10.4. The van der Waals surface area contributed by atoms with Gasteiger partial charge in [-0.3, -0.25) is 26.2 Å². The summed E-state index contributed by atoms with van der Waals surface area (Å²) in [6, 6.07) is 4.00. The normalized spacial score (nSPS) is 12.3. The first-order chi connectivity index (χ1) is 8.40. The first-order valence-corrected chi connectivity index (χ1v) is 5.51. The molecule has 2 aromatic heterocycles. The van der Waals surface area contributed by atoms with Crippen molar-refractivity contribution >= 4 is 0 Å². The zero-order valence-corrected chi connectivity index (χ0v) is 9.45. The van der Waals surface area contributed by atoms with Crippen molar-refractivity contribution in [2.45, 2.75) is 18.9 Å². The van der Waals surface area contributed by atoms with Crippen LogP contribution in [0.4, 0.5) is 0 Å². The Hall–Kier alpha value is -1.85. The highest BCUT2D eigenvalue weighted by Crippen LogP contribution is 2.14. The van der Waals surface area contributed by atoms with Crippen LogP contribution in [0.2, 0.25) is 0 Å². The molecule has 1 unspecified atom stereocenters. The van der Waals surface area contributed by atoms with Gasteiger partial charge in [0.2, 0.25) is 0 Å². The minimum atomic E-state index is 0.0175. The summed E-state index contributed by atoms with van der Waals surface area (Å²) < 4.78 is 0. The fraction of sp³-hybridized carbons (Fsp3) is 0.250. The third-order valence-corrected chi connectivity index (χ3v) is 2.59. The quantitative estimate of drug-likeness (QED) is 0.591. The van der Waals surface area contributed by atoms with Gasteiger partial charge >= 0.3 is 0 Å². The van der Waals surface area contributed by atoms with Crippen LogP contribution in [0.15, 0.2) is 43.1 Å². The zero-order chi connectivity index (χ0) is 11.9. The number of hydrogen-bond acceptors (Lipinski definition) is 5. The van der Waals surface area contributed by atoms with Crippen molar-refractivity contribution in [1.29, 1.82) is 0 Å². The fourth-order valence-electron chi connectivity index (χ4n) is 1.66. The standard InChI is InChI=1S/C12H15N5/c13-17-11(12-9-15-6-7-16-12)4-3-10-2-1-5-14-8-10/h1-2,5-9,11,17H,3-4,13H2. The second kappa shape index (κ2) is 6.03. The number of nitrogens with two attached hydrogens (primary N) is 1. The summed E-state index contributed by atoms with van der Waals surface area (Å²) in [4.78, 5) is 12.4. The third-order valence-electron chi connectivity index (χ3n) is 2.59. The predicted octanol–water partition coefficient (Wildman–Crippen LogP) is 1.01. The van der Waals surface area contributed by atoms with Gasteiger partial charge in [-0.2, -0.15) is 0 Å².